The highest BCUT2D eigenvalue weighted by Gasteiger charge is 2.27. The summed E-state index contributed by atoms with van der Waals surface area (Å²) in [5, 5.41) is 13.6. The van der Waals surface area contributed by atoms with E-state index in [4.69, 9.17) is 5.73 Å². The van der Waals surface area contributed by atoms with Crippen LogP contribution in [-0.2, 0) is 17.6 Å². The van der Waals surface area contributed by atoms with Crippen molar-refractivity contribution in [2.24, 2.45) is 11.7 Å². The second kappa shape index (κ2) is 6.46. The fourth-order valence-corrected chi connectivity index (χ4v) is 3.93. The van der Waals surface area contributed by atoms with Gasteiger partial charge in [0, 0.05) is 23.9 Å². The summed E-state index contributed by atoms with van der Waals surface area (Å²) in [5.74, 6) is 0.316. The molecule has 1 aromatic carbocycles. The number of aromatic hydroxyl groups is 1. The fourth-order valence-electron chi connectivity index (χ4n) is 2.71. The minimum absolute atomic E-state index is 0.00304. The maximum Gasteiger partial charge on any atom is 0.223 e. The van der Waals surface area contributed by atoms with Crippen molar-refractivity contribution < 1.29 is 9.90 Å². The molecule has 0 fully saturated rings. The van der Waals surface area contributed by atoms with E-state index in [1.54, 1.807) is 23.5 Å². The molecule has 1 aromatic heterocycles. The van der Waals surface area contributed by atoms with Gasteiger partial charge < -0.3 is 16.2 Å². The molecule has 4 N–H and O–H groups in total. The number of hydrogen-bond donors (Lipinski definition) is 3. The molecule has 1 amide bonds. The SMILES string of the molecule is NCCNC(=O)C1CCc2nc(-c3ccccc3O)sc2C1. The van der Waals surface area contributed by atoms with Crippen molar-refractivity contribution in [3.8, 4) is 16.3 Å². The third-order valence-corrected chi connectivity index (χ3v) is 5.04. The summed E-state index contributed by atoms with van der Waals surface area (Å²) in [6, 6.07) is 7.21. The number of fused-ring (bicyclic) bond motifs is 1. The number of para-hydroxylation sites is 1. The molecule has 0 radical (unpaired) electrons. The van der Waals surface area contributed by atoms with Crippen molar-refractivity contribution in [1.29, 1.82) is 0 Å². The third-order valence-electron chi connectivity index (χ3n) is 3.89. The predicted molar refractivity (Wildman–Crippen MR) is 86.8 cm³/mol. The maximum absolute atomic E-state index is 12.1. The molecule has 22 heavy (non-hydrogen) atoms. The number of benzene rings is 1. The van der Waals surface area contributed by atoms with E-state index in [1.807, 2.05) is 12.1 Å². The molecule has 1 aliphatic carbocycles. The zero-order chi connectivity index (χ0) is 15.5. The number of nitrogens with two attached hydrogens (primary N) is 1. The minimum Gasteiger partial charge on any atom is -0.507 e. The van der Waals surface area contributed by atoms with E-state index in [-0.39, 0.29) is 17.6 Å². The van der Waals surface area contributed by atoms with Crippen molar-refractivity contribution in [2.75, 3.05) is 13.1 Å². The van der Waals surface area contributed by atoms with Crippen LogP contribution in [0.2, 0.25) is 0 Å². The summed E-state index contributed by atoms with van der Waals surface area (Å²) >= 11 is 1.57. The number of phenolic OH excluding ortho intramolecular Hbond substituents is 1. The molecule has 1 atom stereocenters. The summed E-state index contributed by atoms with van der Waals surface area (Å²) in [7, 11) is 0. The number of nitrogens with one attached hydrogen (secondary N) is 1. The molecule has 1 aliphatic rings. The van der Waals surface area contributed by atoms with Crippen LogP contribution in [0.1, 0.15) is 17.0 Å². The van der Waals surface area contributed by atoms with Crippen LogP contribution >= 0.6 is 11.3 Å². The van der Waals surface area contributed by atoms with Gasteiger partial charge in [-0.3, -0.25) is 4.79 Å². The summed E-state index contributed by atoms with van der Waals surface area (Å²) in [6.45, 7) is 0.982. The molecule has 0 bridgehead atoms. The van der Waals surface area contributed by atoms with Gasteiger partial charge in [0.15, 0.2) is 0 Å². The van der Waals surface area contributed by atoms with Crippen LogP contribution in [0.15, 0.2) is 24.3 Å². The molecular weight excluding hydrogens is 298 g/mol. The van der Waals surface area contributed by atoms with Crippen LogP contribution in [0.4, 0.5) is 0 Å². The molecule has 0 saturated heterocycles. The second-order valence-corrected chi connectivity index (χ2v) is 6.51. The highest BCUT2D eigenvalue weighted by molar-refractivity contribution is 7.15. The van der Waals surface area contributed by atoms with Gasteiger partial charge in [0.1, 0.15) is 10.8 Å². The van der Waals surface area contributed by atoms with E-state index < -0.39 is 0 Å². The Morgan fingerprint density at radius 3 is 3.05 bits per heavy atom. The van der Waals surface area contributed by atoms with Crippen molar-refractivity contribution in [1.82, 2.24) is 10.3 Å². The summed E-state index contributed by atoms with van der Waals surface area (Å²) in [4.78, 5) is 17.9. The van der Waals surface area contributed by atoms with Gasteiger partial charge in [-0.15, -0.1) is 11.3 Å². The topological polar surface area (TPSA) is 88.2 Å². The first-order valence-corrected chi connectivity index (χ1v) is 8.25. The Kier molecular flexibility index (Phi) is 4.40. The Morgan fingerprint density at radius 1 is 1.45 bits per heavy atom. The van der Waals surface area contributed by atoms with Crippen LogP contribution in [-0.4, -0.2) is 29.1 Å². The van der Waals surface area contributed by atoms with Gasteiger partial charge in [0.2, 0.25) is 5.91 Å². The van der Waals surface area contributed by atoms with E-state index in [0.717, 1.165) is 40.4 Å². The fraction of sp³-hybridized carbons (Fsp3) is 0.375. The molecule has 5 nitrogen and oxygen atoms in total. The Balaban J connectivity index is 1.79. The molecule has 116 valence electrons. The van der Waals surface area contributed by atoms with Gasteiger partial charge in [-0.2, -0.15) is 0 Å². The third kappa shape index (κ3) is 2.98. The van der Waals surface area contributed by atoms with Gasteiger partial charge in [0.05, 0.1) is 11.3 Å². The maximum atomic E-state index is 12.1. The Labute approximate surface area is 133 Å². The number of carbonyl (C=O) groups excluding carboxylic acids is 1. The highest BCUT2D eigenvalue weighted by Crippen LogP contribution is 2.37. The van der Waals surface area contributed by atoms with Crippen molar-refractivity contribution in [3.05, 3.63) is 34.8 Å². The number of amides is 1. The molecule has 1 unspecified atom stereocenters. The molecule has 6 heteroatoms. The van der Waals surface area contributed by atoms with Crippen LogP contribution in [0.3, 0.4) is 0 Å². The van der Waals surface area contributed by atoms with Crippen LogP contribution < -0.4 is 11.1 Å². The van der Waals surface area contributed by atoms with E-state index >= 15 is 0 Å². The lowest BCUT2D eigenvalue weighted by Gasteiger charge is -2.20. The van der Waals surface area contributed by atoms with E-state index in [2.05, 4.69) is 10.3 Å². The first-order valence-electron chi connectivity index (χ1n) is 7.43. The number of nitrogens with zero attached hydrogens (tertiary/aromatic N) is 1. The normalized spacial score (nSPS) is 17.0. The molecule has 1 heterocycles. The minimum atomic E-state index is -0.00304. The van der Waals surface area contributed by atoms with Gasteiger partial charge >= 0.3 is 0 Å². The van der Waals surface area contributed by atoms with Crippen LogP contribution in [0.25, 0.3) is 10.6 Å². The van der Waals surface area contributed by atoms with Gasteiger partial charge in [0.25, 0.3) is 0 Å². The lowest BCUT2D eigenvalue weighted by atomic mass is 9.90. The lowest BCUT2D eigenvalue weighted by molar-refractivity contribution is -0.125. The Bertz CT molecular complexity index is 684. The molecule has 0 saturated carbocycles. The van der Waals surface area contributed by atoms with Gasteiger partial charge in [-0.1, -0.05) is 12.1 Å². The van der Waals surface area contributed by atoms with Gasteiger partial charge in [-0.05, 0) is 31.4 Å². The summed E-state index contributed by atoms with van der Waals surface area (Å²) < 4.78 is 0. The zero-order valence-corrected chi connectivity index (χ0v) is 13.0. The number of phenols is 1. The van der Waals surface area contributed by atoms with Crippen molar-refractivity contribution in [3.63, 3.8) is 0 Å². The summed E-state index contributed by atoms with van der Waals surface area (Å²) in [5.41, 5.74) is 7.24. The number of hydrogen-bond acceptors (Lipinski definition) is 5. The molecule has 2 aromatic rings. The highest BCUT2D eigenvalue weighted by atomic mass is 32.1. The van der Waals surface area contributed by atoms with Crippen LogP contribution in [0, 0.1) is 5.92 Å². The molecule has 0 aliphatic heterocycles. The zero-order valence-electron chi connectivity index (χ0n) is 12.2. The van der Waals surface area contributed by atoms with E-state index in [0.29, 0.717) is 13.1 Å². The van der Waals surface area contributed by atoms with Gasteiger partial charge in [-0.25, -0.2) is 4.98 Å². The second-order valence-electron chi connectivity index (χ2n) is 5.43. The summed E-state index contributed by atoms with van der Waals surface area (Å²) in [6.07, 6.45) is 2.34. The lowest BCUT2D eigenvalue weighted by Crippen LogP contribution is -2.36. The number of rotatable bonds is 4. The number of thiazole rings is 1. The Morgan fingerprint density at radius 2 is 2.27 bits per heavy atom. The largest absolute Gasteiger partial charge is 0.507 e. The average molecular weight is 317 g/mol. The number of carbonyl (C=O) groups is 1. The van der Waals surface area contributed by atoms with E-state index in [1.165, 1.54) is 0 Å². The molecule has 0 spiro atoms. The first-order chi connectivity index (χ1) is 10.7. The smallest absolute Gasteiger partial charge is 0.223 e. The monoisotopic (exact) mass is 317 g/mol. The van der Waals surface area contributed by atoms with Crippen molar-refractivity contribution in [2.45, 2.75) is 19.3 Å². The van der Waals surface area contributed by atoms with E-state index in [9.17, 15) is 9.90 Å². The molecular formula is C16H19N3O2S. The standard InChI is InChI=1S/C16H19N3O2S/c17-7-8-18-15(21)10-5-6-12-14(9-10)22-16(19-12)11-3-1-2-4-13(11)20/h1-4,10,20H,5-9,17H2,(H,18,21). The first kappa shape index (κ1) is 15.0. The number of aromatic nitrogens is 1. The quantitative estimate of drug-likeness (QED) is 0.801. The number of aryl methyl sites for hydroxylation is 1. The predicted octanol–water partition coefficient (Wildman–Crippen LogP) is 1.70. The average Bonchev–Trinajstić information content (AvgIpc) is 2.95. The van der Waals surface area contributed by atoms with Crippen LogP contribution in [0.5, 0.6) is 5.75 Å². The Hall–Kier alpha value is -1.92. The molecule has 3 rings (SSSR count). The van der Waals surface area contributed by atoms with Crippen molar-refractivity contribution >= 4 is 17.2 Å².